The fourth-order valence-electron chi connectivity index (χ4n) is 4.08. The summed E-state index contributed by atoms with van der Waals surface area (Å²) in [5.74, 6) is 0.00619. The Kier molecular flexibility index (Phi) is 6.04. The van der Waals surface area contributed by atoms with Crippen molar-refractivity contribution in [2.45, 2.75) is 71.4 Å². The number of amides is 1. The van der Waals surface area contributed by atoms with E-state index in [1.54, 1.807) is 5.51 Å². The van der Waals surface area contributed by atoms with E-state index in [4.69, 9.17) is 4.74 Å². The molecular formula is C20H33N3O2S. The Balaban J connectivity index is 1.68. The third-order valence-corrected chi connectivity index (χ3v) is 6.63. The number of hydrogen-bond acceptors (Lipinski definition) is 5. The van der Waals surface area contributed by atoms with Crippen molar-refractivity contribution in [1.29, 1.82) is 0 Å². The van der Waals surface area contributed by atoms with Crippen molar-refractivity contribution in [3.05, 3.63) is 16.1 Å². The summed E-state index contributed by atoms with van der Waals surface area (Å²) >= 11 is 1.42. The van der Waals surface area contributed by atoms with E-state index in [1.165, 1.54) is 24.2 Å². The van der Waals surface area contributed by atoms with Gasteiger partial charge in [0.05, 0.1) is 23.9 Å². The lowest BCUT2D eigenvalue weighted by molar-refractivity contribution is -0.142. The van der Waals surface area contributed by atoms with Crippen molar-refractivity contribution in [2.75, 3.05) is 26.2 Å². The normalized spacial score (nSPS) is 27.6. The summed E-state index contributed by atoms with van der Waals surface area (Å²) in [6.07, 6.45) is 5.54. The van der Waals surface area contributed by atoms with Gasteiger partial charge in [0.2, 0.25) is 0 Å². The highest BCUT2D eigenvalue weighted by Gasteiger charge is 2.46. The molecule has 1 aliphatic heterocycles. The van der Waals surface area contributed by atoms with Gasteiger partial charge in [-0.25, -0.2) is 4.98 Å². The van der Waals surface area contributed by atoms with Gasteiger partial charge in [0.25, 0.3) is 5.91 Å². The molecule has 1 aromatic heterocycles. The van der Waals surface area contributed by atoms with Crippen LogP contribution >= 0.6 is 11.3 Å². The van der Waals surface area contributed by atoms with E-state index < -0.39 is 0 Å². The molecule has 26 heavy (non-hydrogen) atoms. The van der Waals surface area contributed by atoms with Crippen LogP contribution in [0, 0.1) is 12.3 Å². The Labute approximate surface area is 161 Å². The lowest BCUT2D eigenvalue weighted by Crippen LogP contribution is -2.64. The van der Waals surface area contributed by atoms with E-state index in [0.29, 0.717) is 5.41 Å². The second-order valence-corrected chi connectivity index (χ2v) is 9.89. The zero-order valence-corrected chi connectivity index (χ0v) is 17.5. The number of morpholine rings is 1. The molecule has 0 radical (unpaired) electrons. The van der Waals surface area contributed by atoms with Gasteiger partial charge in [-0.05, 0) is 38.1 Å². The van der Waals surface area contributed by atoms with Gasteiger partial charge < -0.3 is 10.1 Å². The Morgan fingerprint density at radius 2 is 2.27 bits per heavy atom. The van der Waals surface area contributed by atoms with Crippen LogP contribution < -0.4 is 5.32 Å². The number of nitrogens with one attached hydrogen (secondary N) is 1. The van der Waals surface area contributed by atoms with E-state index in [9.17, 15) is 4.79 Å². The number of hydrogen-bond donors (Lipinski definition) is 1. The first-order valence-corrected chi connectivity index (χ1v) is 10.7. The second-order valence-electron chi connectivity index (χ2n) is 9.04. The zero-order chi connectivity index (χ0) is 18.8. The maximum atomic E-state index is 12.7. The summed E-state index contributed by atoms with van der Waals surface area (Å²) in [4.78, 5) is 20.2. The molecular weight excluding hydrogens is 346 g/mol. The zero-order valence-electron chi connectivity index (χ0n) is 16.6. The highest BCUT2D eigenvalue weighted by Crippen LogP contribution is 2.35. The quantitative estimate of drug-likeness (QED) is 0.868. The number of carbonyl (C=O) groups is 1. The van der Waals surface area contributed by atoms with Crippen LogP contribution in [0.15, 0.2) is 5.51 Å². The minimum atomic E-state index is -0.233. The summed E-state index contributed by atoms with van der Waals surface area (Å²) in [5, 5.41) is 3.30. The Bertz CT molecular complexity index is 621. The molecule has 2 atom stereocenters. The van der Waals surface area contributed by atoms with E-state index in [-0.39, 0.29) is 17.6 Å². The van der Waals surface area contributed by atoms with Crippen LogP contribution in [0.25, 0.3) is 0 Å². The van der Waals surface area contributed by atoms with Crippen molar-refractivity contribution in [3.8, 4) is 0 Å². The topological polar surface area (TPSA) is 54.5 Å². The summed E-state index contributed by atoms with van der Waals surface area (Å²) < 4.78 is 6.36. The first-order valence-electron chi connectivity index (χ1n) is 9.86. The molecule has 1 saturated carbocycles. The molecule has 0 aromatic carbocycles. The van der Waals surface area contributed by atoms with Gasteiger partial charge in [-0.2, -0.15) is 0 Å². The molecule has 5 nitrogen and oxygen atoms in total. The standard InChI is InChI=1S/C20H33N3O2S/c1-15-17(26-14-21-15)18(24)22-16-7-5-6-8-20(16)13-23(11-12-25-20)10-9-19(2,3)4/h14,16H,5-13H2,1-4H3,(H,22,24)/t16-,20-/m1/s1. The molecule has 3 rings (SSSR count). The minimum Gasteiger partial charge on any atom is -0.370 e. The fraction of sp³-hybridized carbons (Fsp3) is 0.800. The van der Waals surface area contributed by atoms with Crippen LogP contribution in [-0.4, -0.2) is 53.7 Å². The van der Waals surface area contributed by atoms with Crippen LogP contribution in [0.1, 0.15) is 68.2 Å². The molecule has 1 aliphatic carbocycles. The largest absolute Gasteiger partial charge is 0.370 e. The van der Waals surface area contributed by atoms with Crippen LogP contribution in [0.5, 0.6) is 0 Å². The van der Waals surface area contributed by atoms with Crippen molar-refractivity contribution >= 4 is 17.2 Å². The molecule has 0 unspecified atom stereocenters. The lowest BCUT2D eigenvalue weighted by Gasteiger charge is -2.50. The molecule has 1 aromatic rings. The maximum Gasteiger partial charge on any atom is 0.263 e. The molecule has 2 aliphatic rings. The molecule has 1 amide bonds. The number of aryl methyl sites for hydroxylation is 1. The molecule has 0 bridgehead atoms. The van der Waals surface area contributed by atoms with Crippen molar-refractivity contribution < 1.29 is 9.53 Å². The van der Waals surface area contributed by atoms with Gasteiger partial charge in [-0.3, -0.25) is 9.69 Å². The van der Waals surface area contributed by atoms with E-state index in [0.717, 1.165) is 56.1 Å². The Morgan fingerprint density at radius 1 is 1.46 bits per heavy atom. The summed E-state index contributed by atoms with van der Waals surface area (Å²) in [6.45, 7) is 12.6. The number of nitrogens with zero attached hydrogens (tertiary/aromatic N) is 2. The average Bonchev–Trinajstić information content (AvgIpc) is 3.01. The number of carbonyl (C=O) groups excluding carboxylic acids is 1. The van der Waals surface area contributed by atoms with Gasteiger partial charge in [0, 0.05) is 13.1 Å². The lowest BCUT2D eigenvalue weighted by atomic mass is 9.78. The third-order valence-electron chi connectivity index (χ3n) is 5.70. The highest BCUT2D eigenvalue weighted by atomic mass is 32.1. The molecule has 2 fully saturated rings. The van der Waals surface area contributed by atoms with Crippen LogP contribution in [0.2, 0.25) is 0 Å². The minimum absolute atomic E-state index is 0.00619. The van der Waals surface area contributed by atoms with Crippen molar-refractivity contribution in [1.82, 2.24) is 15.2 Å². The smallest absolute Gasteiger partial charge is 0.263 e. The van der Waals surface area contributed by atoms with E-state index in [2.05, 4.69) is 36.0 Å². The van der Waals surface area contributed by atoms with Gasteiger partial charge >= 0.3 is 0 Å². The van der Waals surface area contributed by atoms with Gasteiger partial charge in [-0.1, -0.05) is 33.6 Å². The number of thiazole rings is 1. The van der Waals surface area contributed by atoms with Crippen molar-refractivity contribution in [3.63, 3.8) is 0 Å². The predicted molar refractivity (Wildman–Crippen MR) is 106 cm³/mol. The SMILES string of the molecule is Cc1ncsc1C(=O)N[C@@H]1CCCC[C@@]12CN(CCC(C)(C)C)CCO2. The first-order chi connectivity index (χ1) is 12.3. The average molecular weight is 380 g/mol. The van der Waals surface area contributed by atoms with Gasteiger partial charge in [-0.15, -0.1) is 11.3 Å². The third kappa shape index (κ3) is 4.65. The first kappa shape index (κ1) is 19.8. The molecule has 1 N–H and O–H groups in total. The van der Waals surface area contributed by atoms with E-state index in [1.807, 2.05) is 6.92 Å². The number of ether oxygens (including phenoxy) is 1. The van der Waals surface area contributed by atoms with Crippen LogP contribution in [0.4, 0.5) is 0 Å². The summed E-state index contributed by atoms with van der Waals surface area (Å²) in [5.41, 5.74) is 2.67. The Hall–Kier alpha value is -0.980. The van der Waals surface area contributed by atoms with Crippen LogP contribution in [-0.2, 0) is 4.74 Å². The molecule has 1 spiro atoms. The molecule has 1 saturated heterocycles. The van der Waals surface area contributed by atoms with Gasteiger partial charge in [0.15, 0.2) is 0 Å². The molecule has 2 heterocycles. The van der Waals surface area contributed by atoms with E-state index >= 15 is 0 Å². The highest BCUT2D eigenvalue weighted by molar-refractivity contribution is 7.11. The summed E-state index contributed by atoms with van der Waals surface area (Å²) in [7, 11) is 0. The monoisotopic (exact) mass is 379 g/mol. The van der Waals surface area contributed by atoms with Gasteiger partial charge in [0.1, 0.15) is 10.5 Å². The van der Waals surface area contributed by atoms with Crippen molar-refractivity contribution in [2.24, 2.45) is 5.41 Å². The second kappa shape index (κ2) is 7.95. The number of rotatable bonds is 4. The predicted octanol–water partition coefficient (Wildman–Crippen LogP) is 3.63. The fourth-order valence-corrected chi connectivity index (χ4v) is 4.79. The molecule has 6 heteroatoms. The summed E-state index contributed by atoms with van der Waals surface area (Å²) in [6, 6.07) is 0.0858. The van der Waals surface area contributed by atoms with Crippen LogP contribution in [0.3, 0.4) is 0 Å². The maximum absolute atomic E-state index is 12.7. The Morgan fingerprint density at radius 3 is 2.96 bits per heavy atom. The number of aromatic nitrogens is 1. The molecule has 146 valence electrons.